The first kappa shape index (κ1) is 13.0. The van der Waals surface area contributed by atoms with Gasteiger partial charge in [0, 0.05) is 0 Å². The number of carbonyl (C=O) groups excluding carboxylic acids is 1. The van der Waals surface area contributed by atoms with E-state index in [1.807, 2.05) is 0 Å². The molecule has 1 aromatic carbocycles. The normalized spacial score (nSPS) is 11.0. The van der Waals surface area contributed by atoms with Gasteiger partial charge in [0.2, 0.25) is 0 Å². The third-order valence-corrected chi connectivity index (χ3v) is 2.95. The zero-order valence-corrected chi connectivity index (χ0v) is 10.9. The van der Waals surface area contributed by atoms with Gasteiger partial charge in [-0.1, -0.05) is 6.07 Å². The Morgan fingerprint density at radius 1 is 1.38 bits per heavy atom. The lowest BCUT2D eigenvalue weighted by Crippen LogP contribution is -2.15. The third-order valence-electron chi connectivity index (χ3n) is 2.95. The molecule has 0 aliphatic heterocycles. The highest BCUT2D eigenvalue weighted by Gasteiger charge is 2.18. The van der Waals surface area contributed by atoms with E-state index >= 15 is 0 Å². The molecule has 3 rings (SSSR count). The first-order chi connectivity index (χ1) is 9.97. The van der Waals surface area contributed by atoms with Gasteiger partial charge in [-0.15, -0.1) is 0 Å². The summed E-state index contributed by atoms with van der Waals surface area (Å²) in [4.78, 5) is 34.1. The molecule has 106 valence electrons. The number of halogens is 1. The van der Waals surface area contributed by atoms with Gasteiger partial charge in [0.25, 0.3) is 5.91 Å². The first-order valence-corrected chi connectivity index (χ1v) is 6.02. The van der Waals surface area contributed by atoms with Crippen LogP contribution in [0, 0.1) is 12.7 Å². The predicted octanol–water partition coefficient (Wildman–Crippen LogP) is 0.655. The van der Waals surface area contributed by atoms with Crippen molar-refractivity contribution in [1.29, 1.82) is 0 Å². The van der Waals surface area contributed by atoms with Gasteiger partial charge in [0.15, 0.2) is 11.3 Å². The van der Waals surface area contributed by atoms with Crippen molar-refractivity contribution in [3.8, 4) is 5.69 Å². The number of aromatic nitrogens is 4. The Kier molecular flexibility index (Phi) is 2.79. The second-order valence-electron chi connectivity index (χ2n) is 4.43. The minimum Gasteiger partial charge on any atom is -0.364 e. The van der Waals surface area contributed by atoms with Gasteiger partial charge in [-0.25, -0.2) is 23.7 Å². The average Bonchev–Trinajstić information content (AvgIpc) is 2.73. The smallest absolute Gasteiger partial charge is 0.332 e. The van der Waals surface area contributed by atoms with Crippen LogP contribution in [0.25, 0.3) is 16.9 Å². The molecule has 0 spiro atoms. The minimum atomic E-state index is -0.779. The largest absolute Gasteiger partial charge is 0.364 e. The van der Waals surface area contributed by atoms with E-state index in [0.29, 0.717) is 5.69 Å². The molecule has 8 heteroatoms. The Morgan fingerprint density at radius 2 is 2.14 bits per heavy atom. The van der Waals surface area contributed by atoms with Crippen molar-refractivity contribution in [2.75, 3.05) is 0 Å². The van der Waals surface area contributed by atoms with Crippen molar-refractivity contribution in [2.45, 2.75) is 6.92 Å². The van der Waals surface area contributed by atoms with Gasteiger partial charge in [-0.2, -0.15) is 0 Å². The molecule has 7 nitrogen and oxygen atoms in total. The molecule has 1 amide bonds. The fraction of sp³-hybridized carbons (Fsp3) is 0.0769. The number of imidazole rings is 1. The molecule has 3 aromatic rings. The number of nitrogens with two attached hydrogens (primary N) is 1. The maximum atomic E-state index is 13.3. The van der Waals surface area contributed by atoms with E-state index < -0.39 is 17.4 Å². The first-order valence-electron chi connectivity index (χ1n) is 6.02. The summed E-state index contributed by atoms with van der Waals surface area (Å²) in [6.45, 7) is 1.57. The molecule has 0 aliphatic carbocycles. The number of amides is 1. The van der Waals surface area contributed by atoms with Gasteiger partial charge in [-0.05, 0) is 25.1 Å². The lowest BCUT2D eigenvalue weighted by molar-refractivity contribution is 0.0997. The van der Waals surface area contributed by atoms with E-state index in [0.717, 1.165) is 0 Å². The van der Waals surface area contributed by atoms with Crippen molar-refractivity contribution >= 4 is 17.1 Å². The molecule has 2 aromatic heterocycles. The maximum absolute atomic E-state index is 13.3. The third kappa shape index (κ3) is 2.06. The number of hydrogen-bond donors (Lipinski definition) is 2. The van der Waals surface area contributed by atoms with Crippen LogP contribution < -0.4 is 11.4 Å². The summed E-state index contributed by atoms with van der Waals surface area (Å²) in [5, 5.41) is 0. The number of nitrogens with one attached hydrogen (secondary N) is 1. The van der Waals surface area contributed by atoms with Gasteiger partial charge < -0.3 is 10.7 Å². The van der Waals surface area contributed by atoms with Gasteiger partial charge in [0.1, 0.15) is 17.2 Å². The molecule has 0 fully saturated rings. The van der Waals surface area contributed by atoms with Crippen molar-refractivity contribution in [3.05, 3.63) is 52.1 Å². The van der Waals surface area contributed by atoms with Crippen molar-refractivity contribution in [3.63, 3.8) is 0 Å². The number of hydrogen-bond acceptors (Lipinski definition) is 4. The molecular formula is C13H10FN5O2. The number of rotatable bonds is 2. The van der Waals surface area contributed by atoms with E-state index in [4.69, 9.17) is 5.73 Å². The molecule has 3 N–H and O–H groups in total. The van der Waals surface area contributed by atoms with Crippen LogP contribution >= 0.6 is 0 Å². The quantitative estimate of drug-likeness (QED) is 0.721. The molecule has 0 bridgehead atoms. The molecule has 0 atom stereocenters. The SMILES string of the molecule is Cc1nc(C(N)=O)c2[nH]c(=O)n(-c3cccc(F)c3)c2n1. The highest BCUT2D eigenvalue weighted by molar-refractivity contribution is 6.01. The number of aryl methyl sites for hydroxylation is 1. The fourth-order valence-electron chi connectivity index (χ4n) is 2.13. The van der Waals surface area contributed by atoms with E-state index in [1.165, 1.54) is 22.8 Å². The van der Waals surface area contributed by atoms with E-state index in [-0.39, 0.29) is 22.7 Å². The topological polar surface area (TPSA) is 107 Å². The summed E-state index contributed by atoms with van der Waals surface area (Å²) in [6.07, 6.45) is 0. The monoisotopic (exact) mass is 287 g/mol. The van der Waals surface area contributed by atoms with Crippen LogP contribution in [-0.2, 0) is 0 Å². The summed E-state index contributed by atoms with van der Waals surface area (Å²) in [6, 6.07) is 5.48. The minimum absolute atomic E-state index is 0.0789. The molecule has 0 saturated carbocycles. The second kappa shape index (κ2) is 4.51. The lowest BCUT2D eigenvalue weighted by Gasteiger charge is -2.04. The molecule has 0 aliphatic rings. The van der Waals surface area contributed by atoms with Crippen LogP contribution in [0.1, 0.15) is 16.3 Å². The zero-order valence-electron chi connectivity index (χ0n) is 10.9. The molecular weight excluding hydrogens is 277 g/mol. The molecule has 0 radical (unpaired) electrons. The standard InChI is InChI=1S/C13H10FN5O2/c1-6-16-9(11(15)20)10-12(17-6)19(13(21)18-10)8-4-2-3-7(14)5-8/h2-5H,1H3,(H2,15,20)(H,18,21). The number of primary amides is 1. The lowest BCUT2D eigenvalue weighted by atomic mass is 10.3. The van der Waals surface area contributed by atoms with Crippen LogP contribution in [-0.4, -0.2) is 25.4 Å². The van der Waals surface area contributed by atoms with Crippen molar-refractivity contribution in [1.82, 2.24) is 19.5 Å². The number of carbonyl (C=O) groups is 1. The van der Waals surface area contributed by atoms with Crippen LogP contribution in [0.5, 0.6) is 0 Å². The van der Waals surface area contributed by atoms with E-state index in [1.54, 1.807) is 13.0 Å². The van der Waals surface area contributed by atoms with Crippen LogP contribution in [0.2, 0.25) is 0 Å². The van der Waals surface area contributed by atoms with Gasteiger partial charge >= 0.3 is 5.69 Å². The Labute approximate surface area is 117 Å². The van der Waals surface area contributed by atoms with Crippen molar-refractivity contribution in [2.24, 2.45) is 5.73 Å². The van der Waals surface area contributed by atoms with Crippen LogP contribution in [0.15, 0.2) is 29.1 Å². The van der Waals surface area contributed by atoms with Crippen molar-refractivity contribution < 1.29 is 9.18 Å². The summed E-state index contributed by atoms with van der Waals surface area (Å²) >= 11 is 0. The number of aromatic amines is 1. The van der Waals surface area contributed by atoms with E-state index in [9.17, 15) is 14.0 Å². The Hall–Kier alpha value is -3.03. The predicted molar refractivity (Wildman–Crippen MR) is 72.7 cm³/mol. The Balaban J connectivity index is 2.42. The van der Waals surface area contributed by atoms with Crippen LogP contribution in [0.4, 0.5) is 4.39 Å². The second-order valence-corrected chi connectivity index (χ2v) is 4.43. The number of fused-ring (bicyclic) bond motifs is 1. The average molecular weight is 287 g/mol. The van der Waals surface area contributed by atoms with Gasteiger partial charge in [0.05, 0.1) is 5.69 Å². The highest BCUT2D eigenvalue weighted by atomic mass is 19.1. The van der Waals surface area contributed by atoms with E-state index in [2.05, 4.69) is 15.0 Å². The number of H-pyrrole nitrogens is 1. The zero-order chi connectivity index (χ0) is 15.1. The highest BCUT2D eigenvalue weighted by Crippen LogP contribution is 2.16. The molecule has 0 unspecified atom stereocenters. The fourth-order valence-corrected chi connectivity index (χ4v) is 2.13. The number of benzene rings is 1. The van der Waals surface area contributed by atoms with Gasteiger partial charge in [-0.3, -0.25) is 4.79 Å². The Bertz CT molecular complexity index is 928. The summed E-state index contributed by atoms with van der Waals surface area (Å²) < 4.78 is 14.5. The van der Waals surface area contributed by atoms with Crippen LogP contribution in [0.3, 0.4) is 0 Å². The molecule has 21 heavy (non-hydrogen) atoms. The Morgan fingerprint density at radius 3 is 2.81 bits per heavy atom. The molecule has 0 saturated heterocycles. The molecule has 2 heterocycles. The summed E-state index contributed by atoms with van der Waals surface area (Å²) in [7, 11) is 0. The summed E-state index contributed by atoms with van der Waals surface area (Å²) in [5.74, 6) is -0.992. The summed E-state index contributed by atoms with van der Waals surface area (Å²) in [5.41, 5.74) is 5.21. The number of nitrogens with zero attached hydrogens (tertiary/aromatic N) is 3. The maximum Gasteiger partial charge on any atom is 0.332 e.